The van der Waals surface area contributed by atoms with Gasteiger partial charge >= 0.3 is 5.63 Å². The quantitative estimate of drug-likeness (QED) is 0.480. The maximum Gasteiger partial charge on any atom is 0.360 e. The Bertz CT molecular complexity index is 1250. The molecule has 1 N–H and O–H groups in total. The zero-order chi connectivity index (χ0) is 20.3. The van der Waals surface area contributed by atoms with Gasteiger partial charge in [-0.05, 0) is 35.6 Å². The highest BCUT2D eigenvalue weighted by Gasteiger charge is 2.42. The third-order valence-corrected chi connectivity index (χ3v) is 6.36. The van der Waals surface area contributed by atoms with Gasteiger partial charge in [0.05, 0.1) is 0 Å². The first-order chi connectivity index (χ1) is 13.8. The summed E-state index contributed by atoms with van der Waals surface area (Å²) in [7, 11) is 0. The highest BCUT2D eigenvalue weighted by molar-refractivity contribution is 9.10. The highest BCUT2D eigenvalue weighted by atomic mass is 79.9. The van der Waals surface area contributed by atoms with Crippen molar-refractivity contribution in [3.63, 3.8) is 0 Å². The Labute approximate surface area is 176 Å². The van der Waals surface area contributed by atoms with Crippen LogP contribution in [0.1, 0.15) is 43.7 Å². The molecule has 0 spiro atoms. The Morgan fingerprint density at radius 3 is 2.52 bits per heavy atom. The van der Waals surface area contributed by atoms with E-state index in [1.54, 1.807) is 6.07 Å². The minimum Gasteiger partial charge on any atom is -0.421 e. The highest BCUT2D eigenvalue weighted by Crippen LogP contribution is 2.49. The van der Waals surface area contributed by atoms with Crippen molar-refractivity contribution in [2.24, 2.45) is 5.41 Å². The predicted octanol–water partition coefficient (Wildman–Crippen LogP) is 5.76. The van der Waals surface area contributed by atoms with Gasteiger partial charge in [0, 0.05) is 39.0 Å². The molecular weight excluding hydrogens is 430 g/mol. The molecule has 3 aromatic rings. The summed E-state index contributed by atoms with van der Waals surface area (Å²) in [6.45, 7) is 4.17. The minimum atomic E-state index is -0.400. The van der Waals surface area contributed by atoms with Crippen LogP contribution in [0.4, 0.5) is 5.69 Å². The van der Waals surface area contributed by atoms with E-state index in [0.29, 0.717) is 24.1 Å². The first-order valence-electron chi connectivity index (χ1n) is 9.68. The number of carbonyl (C=O) groups excluding carboxylic acids is 1. The fourth-order valence-corrected chi connectivity index (χ4v) is 4.92. The van der Waals surface area contributed by atoms with Crippen molar-refractivity contribution in [3.05, 3.63) is 85.8 Å². The Morgan fingerprint density at radius 2 is 1.76 bits per heavy atom. The number of ketones is 1. The molecule has 5 heteroatoms. The third-order valence-electron chi connectivity index (χ3n) is 5.83. The van der Waals surface area contributed by atoms with E-state index in [0.717, 1.165) is 32.3 Å². The van der Waals surface area contributed by atoms with E-state index in [1.807, 2.05) is 42.5 Å². The average Bonchev–Trinajstić information content (AvgIpc) is 2.66. The molecule has 2 heterocycles. The molecule has 2 aliphatic rings. The maximum absolute atomic E-state index is 13.3. The van der Waals surface area contributed by atoms with Crippen molar-refractivity contribution < 1.29 is 9.21 Å². The van der Waals surface area contributed by atoms with E-state index < -0.39 is 5.63 Å². The van der Waals surface area contributed by atoms with E-state index in [1.165, 1.54) is 0 Å². The number of halogens is 1. The summed E-state index contributed by atoms with van der Waals surface area (Å²) in [5, 5.41) is 4.15. The molecule has 146 valence electrons. The van der Waals surface area contributed by atoms with Crippen molar-refractivity contribution in [3.8, 4) is 0 Å². The Morgan fingerprint density at radius 1 is 1.03 bits per heavy atom. The molecule has 0 bridgehead atoms. The molecule has 0 saturated carbocycles. The summed E-state index contributed by atoms with van der Waals surface area (Å²) in [6, 6.07) is 15.5. The number of hydrogen-bond acceptors (Lipinski definition) is 4. The van der Waals surface area contributed by atoms with E-state index >= 15 is 0 Å². The molecule has 0 fully saturated rings. The SMILES string of the molecule is CC1(C)CC(=O)C2=C(C1)Nc1c(c3ccccc3oc1=O)C2c1ccc(Br)cc1. The lowest BCUT2D eigenvalue weighted by atomic mass is 9.68. The fourth-order valence-electron chi connectivity index (χ4n) is 4.66. The number of para-hydroxylation sites is 1. The molecule has 5 rings (SSSR count). The van der Waals surface area contributed by atoms with Gasteiger partial charge < -0.3 is 9.73 Å². The summed E-state index contributed by atoms with van der Waals surface area (Å²) in [4.78, 5) is 26.2. The topological polar surface area (TPSA) is 59.3 Å². The van der Waals surface area contributed by atoms with Crippen LogP contribution < -0.4 is 10.9 Å². The molecular formula is C24H20BrNO3. The van der Waals surface area contributed by atoms with Gasteiger partial charge in [-0.3, -0.25) is 4.79 Å². The largest absolute Gasteiger partial charge is 0.421 e. The van der Waals surface area contributed by atoms with Gasteiger partial charge in [0.25, 0.3) is 0 Å². The number of nitrogens with one attached hydrogen (secondary N) is 1. The molecule has 1 atom stereocenters. The summed E-state index contributed by atoms with van der Waals surface area (Å²) in [5.41, 5.74) is 3.86. The van der Waals surface area contributed by atoms with Crippen molar-refractivity contribution in [2.75, 3.05) is 5.32 Å². The minimum absolute atomic E-state index is 0.139. The Balaban J connectivity index is 1.86. The van der Waals surface area contributed by atoms with Gasteiger partial charge in [-0.25, -0.2) is 4.79 Å². The number of benzene rings is 2. The van der Waals surface area contributed by atoms with Crippen LogP contribution in [0, 0.1) is 5.41 Å². The van der Waals surface area contributed by atoms with Gasteiger partial charge in [0.1, 0.15) is 11.3 Å². The van der Waals surface area contributed by atoms with Crippen molar-refractivity contribution in [1.82, 2.24) is 0 Å². The lowest BCUT2D eigenvalue weighted by Crippen LogP contribution is -2.35. The molecule has 4 nitrogen and oxygen atoms in total. The molecule has 1 unspecified atom stereocenters. The number of allylic oxidation sites excluding steroid dienone is 2. The molecule has 1 aliphatic heterocycles. The zero-order valence-electron chi connectivity index (χ0n) is 16.2. The van der Waals surface area contributed by atoms with Crippen LogP contribution in [-0.2, 0) is 4.79 Å². The van der Waals surface area contributed by atoms with E-state index in [2.05, 4.69) is 35.1 Å². The van der Waals surface area contributed by atoms with Gasteiger partial charge in [-0.1, -0.05) is 60.1 Å². The fraction of sp³-hybridized carbons (Fsp3) is 0.250. The van der Waals surface area contributed by atoms with Crippen LogP contribution in [0.15, 0.2) is 73.5 Å². The zero-order valence-corrected chi connectivity index (χ0v) is 17.8. The number of fused-ring (bicyclic) bond motifs is 3. The molecule has 2 aromatic carbocycles. The van der Waals surface area contributed by atoms with E-state index in [9.17, 15) is 9.59 Å². The van der Waals surface area contributed by atoms with Gasteiger partial charge in [-0.15, -0.1) is 0 Å². The van der Waals surface area contributed by atoms with E-state index in [-0.39, 0.29) is 17.1 Å². The molecule has 0 radical (unpaired) electrons. The smallest absolute Gasteiger partial charge is 0.360 e. The number of rotatable bonds is 1. The Kier molecular flexibility index (Phi) is 4.07. The second kappa shape index (κ2) is 6.42. The van der Waals surface area contributed by atoms with Crippen LogP contribution >= 0.6 is 15.9 Å². The lowest BCUT2D eigenvalue weighted by Gasteiger charge is -2.39. The normalized spacial score (nSPS) is 20.2. The monoisotopic (exact) mass is 449 g/mol. The predicted molar refractivity (Wildman–Crippen MR) is 117 cm³/mol. The molecule has 0 saturated heterocycles. The summed E-state index contributed by atoms with van der Waals surface area (Å²) < 4.78 is 6.56. The van der Waals surface area contributed by atoms with Gasteiger partial charge in [0.2, 0.25) is 0 Å². The van der Waals surface area contributed by atoms with Crippen molar-refractivity contribution in [2.45, 2.75) is 32.6 Å². The molecule has 29 heavy (non-hydrogen) atoms. The second-order valence-electron chi connectivity index (χ2n) is 8.62. The Hall–Kier alpha value is -2.66. The second-order valence-corrected chi connectivity index (χ2v) is 9.53. The molecule has 1 aromatic heterocycles. The molecule has 1 aliphatic carbocycles. The number of Topliss-reactive ketones (excluding diaryl/α,β-unsaturated/α-hetero) is 1. The van der Waals surface area contributed by atoms with Crippen LogP contribution in [0.5, 0.6) is 0 Å². The van der Waals surface area contributed by atoms with Crippen LogP contribution in [-0.4, -0.2) is 5.78 Å². The van der Waals surface area contributed by atoms with E-state index in [4.69, 9.17) is 4.42 Å². The van der Waals surface area contributed by atoms with Crippen LogP contribution in [0.25, 0.3) is 11.0 Å². The first kappa shape index (κ1) is 18.4. The first-order valence-corrected chi connectivity index (χ1v) is 10.5. The van der Waals surface area contributed by atoms with Crippen LogP contribution in [0.2, 0.25) is 0 Å². The molecule has 0 amide bonds. The van der Waals surface area contributed by atoms with Crippen molar-refractivity contribution in [1.29, 1.82) is 0 Å². The summed E-state index contributed by atoms with van der Waals surface area (Å²) in [6.07, 6.45) is 1.21. The summed E-state index contributed by atoms with van der Waals surface area (Å²) in [5.74, 6) is -0.161. The number of hydrogen-bond donors (Lipinski definition) is 1. The lowest BCUT2D eigenvalue weighted by molar-refractivity contribution is -0.118. The van der Waals surface area contributed by atoms with Gasteiger partial charge in [0.15, 0.2) is 5.78 Å². The average molecular weight is 450 g/mol. The number of carbonyl (C=O) groups is 1. The standard InChI is InChI=1S/C24H20BrNO3/c1-24(2)11-16-21(17(27)12-24)19(13-7-9-14(25)10-8-13)20-15-5-3-4-6-18(15)29-23(28)22(20)26-16/h3-10,19,26H,11-12H2,1-2H3. The van der Waals surface area contributed by atoms with Crippen LogP contribution in [0.3, 0.4) is 0 Å². The van der Waals surface area contributed by atoms with Gasteiger partial charge in [-0.2, -0.15) is 0 Å². The van der Waals surface area contributed by atoms with Crippen molar-refractivity contribution >= 4 is 38.4 Å². The third kappa shape index (κ3) is 2.96. The summed E-state index contributed by atoms with van der Waals surface area (Å²) >= 11 is 3.49. The maximum atomic E-state index is 13.3. The number of anilines is 1.